The van der Waals surface area contributed by atoms with Gasteiger partial charge in [-0.05, 0) is 29.5 Å². The molecule has 0 fully saturated rings. The molecule has 6 heteroatoms. The molecule has 0 spiro atoms. The molecule has 2 aromatic rings. The number of halogens is 1. The van der Waals surface area contributed by atoms with Crippen LogP contribution in [0.1, 0.15) is 5.69 Å². The van der Waals surface area contributed by atoms with Gasteiger partial charge in [-0.1, -0.05) is 0 Å². The van der Waals surface area contributed by atoms with E-state index in [-0.39, 0.29) is 0 Å². The van der Waals surface area contributed by atoms with E-state index in [0.29, 0.717) is 11.9 Å². The van der Waals surface area contributed by atoms with Crippen molar-refractivity contribution < 1.29 is 4.74 Å². The molecule has 14 heavy (non-hydrogen) atoms. The summed E-state index contributed by atoms with van der Waals surface area (Å²) in [7, 11) is 0. The molecule has 0 aliphatic rings. The summed E-state index contributed by atoms with van der Waals surface area (Å²) in [5.74, 6) is 0.476. The number of nitrogens with zero attached hydrogens (tertiary/aromatic N) is 3. The van der Waals surface area contributed by atoms with Crippen LogP contribution in [0.15, 0.2) is 18.5 Å². The van der Waals surface area contributed by atoms with E-state index in [2.05, 4.69) is 42.8 Å². The summed E-state index contributed by atoms with van der Waals surface area (Å²) in [5, 5.41) is 6.67. The van der Waals surface area contributed by atoms with Crippen molar-refractivity contribution in [3.8, 4) is 11.9 Å². The van der Waals surface area contributed by atoms with Crippen LogP contribution in [-0.2, 0) is 0 Å². The van der Waals surface area contributed by atoms with Crippen LogP contribution >= 0.6 is 22.6 Å². The number of hydrogen-bond acceptors (Lipinski definition) is 4. The first-order chi connectivity index (χ1) is 6.74. The lowest BCUT2D eigenvalue weighted by molar-refractivity contribution is 0.423. The van der Waals surface area contributed by atoms with Crippen LogP contribution in [0.25, 0.3) is 0 Å². The molecule has 0 unspecified atom stereocenters. The minimum atomic E-state index is 0.303. The standard InChI is InChI=1S/C8H7IN4O/c1-5-2-7(13-12-5)14-8-10-3-6(9)4-11-8/h2-4H,1H3,(H,12,13). The highest BCUT2D eigenvalue weighted by Gasteiger charge is 2.02. The summed E-state index contributed by atoms with van der Waals surface area (Å²) in [4.78, 5) is 7.98. The van der Waals surface area contributed by atoms with Crippen molar-refractivity contribution in [2.24, 2.45) is 0 Å². The second-order valence-corrected chi connectivity index (χ2v) is 3.92. The second-order valence-electron chi connectivity index (χ2n) is 2.68. The Bertz CT molecular complexity index is 425. The van der Waals surface area contributed by atoms with E-state index in [4.69, 9.17) is 4.74 Å². The number of aryl methyl sites for hydroxylation is 1. The van der Waals surface area contributed by atoms with E-state index in [0.717, 1.165) is 9.26 Å². The van der Waals surface area contributed by atoms with Crippen LogP contribution in [0.4, 0.5) is 0 Å². The summed E-state index contributed by atoms with van der Waals surface area (Å²) >= 11 is 2.13. The monoisotopic (exact) mass is 302 g/mol. The molecule has 0 bridgehead atoms. The van der Waals surface area contributed by atoms with E-state index >= 15 is 0 Å². The minimum Gasteiger partial charge on any atom is -0.404 e. The van der Waals surface area contributed by atoms with Gasteiger partial charge in [-0.25, -0.2) is 9.97 Å². The SMILES string of the molecule is Cc1cc(Oc2ncc(I)cn2)n[nH]1. The van der Waals surface area contributed by atoms with Gasteiger partial charge in [0.05, 0.1) is 0 Å². The average molecular weight is 302 g/mol. The molecule has 2 rings (SSSR count). The number of aromatic amines is 1. The lowest BCUT2D eigenvalue weighted by atomic mass is 10.5. The molecule has 5 nitrogen and oxygen atoms in total. The smallest absolute Gasteiger partial charge is 0.323 e. The molecule has 0 amide bonds. The normalized spacial score (nSPS) is 10.1. The maximum atomic E-state index is 5.29. The molecule has 0 atom stereocenters. The quantitative estimate of drug-likeness (QED) is 0.861. The molecule has 0 aliphatic carbocycles. The molecule has 0 saturated carbocycles. The highest BCUT2D eigenvalue weighted by molar-refractivity contribution is 14.1. The highest BCUT2D eigenvalue weighted by Crippen LogP contribution is 2.14. The fourth-order valence-corrected chi connectivity index (χ4v) is 1.17. The Morgan fingerprint density at radius 3 is 2.64 bits per heavy atom. The Morgan fingerprint density at radius 2 is 2.07 bits per heavy atom. The lowest BCUT2D eigenvalue weighted by Gasteiger charge is -1.97. The fraction of sp³-hybridized carbons (Fsp3) is 0.125. The van der Waals surface area contributed by atoms with Gasteiger partial charge in [-0.3, -0.25) is 5.10 Å². The third kappa shape index (κ3) is 2.19. The first-order valence-electron chi connectivity index (χ1n) is 3.91. The topological polar surface area (TPSA) is 63.7 Å². The van der Waals surface area contributed by atoms with Crippen LogP contribution in [0, 0.1) is 10.5 Å². The van der Waals surface area contributed by atoms with Gasteiger partial charge in [-0.2, -0.15) is 0 Å². The van der Waals surface area contributed by atoms with Gasteiger partial charge >= 0.3 is 6.01 Å². The predicted octanol–water partition coefficient (Wildman–Crippen LogP) is 1.91. The molecule has 0 saturated heterocycles. The van der Waals surface area contributed by atoms with Gasteiger partial charge in [-0.15, -0.1) is 5.10 Å². The summed E-state index contributed by atoms with van der Waals surface area (Å²) < 4.78 is 6.25. The van der Waals surface area contributed by atoms with E-state index in [9.17, 15) is 0 Å². The van der Waals surface area contributed by atoms with Crippen LogP contribution in [-0.4, -0.2) is 20.2 Å². The van der Waals surface area contributed by atoms with Crippen molar-refractivity contribution in [3.63, 3.8) is 0 Å². The van der Waals surface area contributed by atoms with Crippen LogP contribution < -0.4 is 4.74 Å². The maximum absolute atomic E-state index is 5.29. The molecule has 72 valence electrons. The van der Waals surface area contributed by atoms with Crippen LogP contribution in [0.2, 0.25) is 0 Å². The van der Waals surface area contributed by atoms with Gasteiger partial charge in [0.25, 0.3) is 0 Å². The van der Waals surface area contributed by atoms with Gasteiger partial charge in [0.15, 0.2) is 0 Å². The summed E-state index contributed by atoms with van der Waals surface area (Å²) in [6, 6.07) is 2.08. The zero-order valence-electron chi connectivity index (χ0n) is 7.36. The Morgan fingerprint density at radius 1 is 1.36 bits per heavy atom. The van der Waals surface area contributed by atoms with Gasteiger partial charge in [0.1, 0.15) is 0 Å². The van der Waals surface area contributed by atoms with Gasteiger partial charge in [0.2, 0.25) is 5.88 Å². The molecule has 2 heterocycles. The molecule has 1 N–H and O–H groups in total. The Labute approximate surface area is 94.1 Å². The van der Waals surface area contributed by atoms with E-state index in [1.165, 1.54) is 0 Å². The zero-order chi connectivity index (χ0) is 9.97. The van der Waals surface area contributed by atoms with Gasteiger partial charge < -0.3 is 4.74 Å². The number of aromatic nitrogens is 4. The average Bonchev–Trinajstić information content (AvgIpc) is 2.56. The molecule has 0 aliphatic heterocycles. The van der Waals surface area contributed by atoms with E-state index < -0.39 is 0 Å². The summed E-state index contributed by atoms with van der Waals surface area (Å²) in [6.07, 6.45) is 3.37. The molecule has 2 aromatic heterocycles. The Balaban J connectivity index is 2.15. The third-order valence-corrected chi connectivity index (χ3v) is 2.03. The summed E-state index contributed by atoms with van der Waals surface area (Å²) in [6.45, 7) is 1.90. The predicted molar refractivity (Wildman–Crippen MR) is 58.1 cm³/mol. The van der Waals surface area contributed by atoms with E-state index in [1.807, 2.05) is 6.92 Å². The Kier molecular flexibility index (Phi) is 2.62. The van der Waals surface area contributed by atoms with Gasteiger partial charge in [0, 0.05) is 27.7 Å². The van der Waals surface area contributed by atoms with Crippen molar-refractivity contribution in [1.29, 1.82) is 0 Å². The number of ether oxygens (including phenoxy) is 1. The first-order valence-corrected chi connectivity index (χ1v) is 4.99. The van der Waals surface area contributed by atoms with Crippen molar-refractivity contribution in [3.05, 3.63) is 27.7 Å². The minimum absolute atomic E-state index is 0.303. The molecule has 0 radical (unpaired) electrons. The number of H-pyrrole nitrogens is 1. The molecular formula is C8H7IN4O. The maximum Gasteiger partial charge on any atom is 0.323 e. The first kappa shape index (κ1) is 9.38. The fourth-order valence-electron chi connectivity index (χ4n) is 0.892. The van der Waals surface area contributed by atoms with E-state index in [1.54, 1.807) is 18.5 Å². The number of rotatable bonds is 2. The van der Waals surface area contributed by atoms with Crippen molar-refractivity contribution in [2.75, 3.05) is 0 Å². The number of nitrogens with one attached hydrogen (secondary N) is 1. The molecule has 0 aromatic carbocycles. The van der Waals surface area contributed by atoms with Crippen molar-refractivity contribution in [1.82, 2.24) is 20.2 Å². The zero-order valence-corrected chi connectivity index (χ0v) is 9.52. The lowest BCUT2D eigenvalue weighted by Crippen LogP contribution is -1.91. The molecular weight excluding hydrogens is 295 g/mol. The Hall–Kier alpha value is -1.18. The second kappa shape index (κ2) is 3.91. The van der Waals surface area contributed by atoms with Crippen LogP contribution in [0.5, 0.6) is 11.9 Å². The van der Waals surface area contributed by atoms with Crippen molar-refractivity contribution >= 4 is 22.6 Å². The summed E-state index contributed by atoms with van der Waals surface area (Å²) in [5.41, 5.74) is 0.936. The van der Waals surface area contributed by atoms with Crippen LogP contribution in [0.3, 0.4) is 0 Å². The number of hydrogen-bond donors (Lipinski definition) is 1. The van der Waals surface area contributed by atoms with Crippen molar-refractivity contribution in [2.45, 2.75) is 6.92 Å². The highest BCUT2D eigenvalue weighted by atomic mass is 127. The largest absolute Gasteiger partial charge is 0.404 e. The third-order valence-electron chi connectivity index (χ3n) is 1.47.